The van der Waals surface area contributed by atoms with E-state index in [2.05, 4.69) is 9.97 Å². The number of thioether (sulfide) groups is 1. The predicted molar refractivity (Wildman–Crippen MR) is 113 cm³/mol. The zero-order chi connectivity index (χ0) is 21.1. The Bertz CT molecular complexity index is 1170. The summed E-state index contributed by atoms with van der Waals surface area (Å²) in [6.07, 6.45) is -4.56. The lowest BCUT2D eigenvalue weighted by Crippen LogP contribution is -2.10. The fourth-order valence-corrected chi connectivity index (χ4v) is 3.97. The highest BCUT2D eigenvalue weighted by Gasteiger charge is 2.33. The summed E-state index contributed by atoms with van der Waals surface area (Å²) in [5, 5.41) is 2.23. The summed E-state index contributed by atoms with van der Waals surface area (Å²) in [5.41, 5.74) is 0.852. The second-order valence-corrected chi connectivity index (χ2v) is 7.52. The quantitative estimate of drug-likeness (QED) is 0.265. The first kappa shape index (κ1) is 20.2. The molecule has 0 bridgehead atoms. The van der Waals surface area contributed by atoms with E-state index in [1.165, 1.54) is 18.9 Å². The smallest absolute Gasteiger partial charge is 0.433 e. The molecule has 0 N–H and O–H groups in total. The Morgan fingerprint density at radius 3 is 2.37 bits per heavy atom. The number of benzene rings is 3. The van der Waals surface area contributed by atoms with Gasteiger partial charge in [0.1, 0.15) is 11.4 Å². The van der Waals surface area contributed by atoms with Gasteiger partial charge in [-0.2, -0.15) is 13.2 Å². The maximum Gasteiger partial charge on any atom is 0.433 e. The summed E-state index contributed by atoms with van der Waals surface area (Å²) in [6.45, 7) is 0. The van der Waals surface area contributed by atoms with Crippen molar-refractivity contribution in [1.29, 1.82) is 0 Å². The van der Waals surface area contributed by atoms with Gasteiger partial charge in [0.25, 0.3) is 0 Å². The van der Waals surface area contributed by atoms with Crippen molar-refractivity contribution in [3.05, 3.63) is 84.1 Å². The van der Waals surface area contributed by atoms with E-state index >= 15 is 0 Å². The van der Waals surface area contributed by atoms with Crippen LogP contribution in [-0.4, -0.2) is 17.1 Å². The molecule has 1 aromatic heterocycles. The van der Waals surface area contributed by atoms with E-state index in [1.807, 2.05) is 42.5 Å². The van der Waals surface area contributed by atoms with Crippen molar-refractivity contribution in [2.24, 2.45) is 0 Å². The van der Waals surface area contributed by atoms with Crippen LogP contribution < -0.4 is 4.74 Å². The Balaban J connectivity index is 1.68. The van der Waals surface area contributed by atoms with Gasteiger partial charge in [0.05, 0.1) is 12.8 Å². The van der Waals surface area contributed by atoms with Crippen LogP contribution in [0.2, 0.25) is 0 Å². The monoisotopic (exact) mass is 426 g/mol. The molecule has 0 saturated heterocycles. The topological polar surface area (TPSA) is 35.0 Å². The zero-order valence-corrected chi connectivity index (χ0v) is 16.8. The average Bonchev–Trinajstić information content (AvgIpc) is 2.77. The largest absolute Gasteiger partial charge is 0.497 e. The molecule has 0 amide bonds. The number of methoxy groups -OCH3 is 1. The minimum atomic E-state index is -4.56. The van der Waals surface area contributed by atoms with E-state index in [0.29, 0.717) is 17.1 Å². The Kier molecular flexibility index (Phi) is 5.63. The van der Waals surface area contributed by atoms with Crippen molar-refractivity contribution < 1.29 is 17.9 Å². The van der Waals surface area contributed by atoms with E-state index in [4.69, 9.17) is 4.74 Å². The number of nitrogens with zero attached hydrogens (tertiary/aromatic N) is 2. The Labute approximate surface area is 175 Å². The maximum absolute atomic E-state index is 13.4. The minimum absolute atomic E-state index is 0.0866. The van der Waals surface area contributed by atoms with Gasteiger partial charge in [-0.15, -0.1) is 0 Å². The Morgan fingerprint density at radius 2 is 1.63 bits per heavy atom. The predicted octanol–water partition coefficient (Wildman–Crippen LogP) is 6.62. The molecule has 4 aromatic rings. The lowest BCUT2D eigenvalue weighted by Gasteiger charge is -2.11. The molecular weight excluding hydrogens is 409 g/mol. The zero-order valence-electron chi connectivity index (χ0n) is 16.0. The number of rotatable bonds is 5. The summed E-state index contributed by atoms with van der Waals surface area (Å²) < 4.78 is 45.4. The maximum atomic E-state index is 13.4. The van der Waals surface area contributed by atoms with Crippen molar-refractivity contribution >= 4 is 22.5 Å². The molecule has 0 fully saturated rings. The lowest BCUT2D eigenvalue weighted by molar-refractivity contribution is -0.141. The van der Waals surface area contributed by atoms with Crippen LogP contribution in [0, 0.1) is 0 Å². The van der Waals surface area contributed by atoms with E-state index < -0.39 is 11.9 Å². The van der Waals surface area contributed by atoms with Gasteiger partial charge in [-0.3, -0.25) is 0 Å². The molecule has 0 aliphatic carbocycles. The van der Waals surface area contributed by atoms with Crippen LogP contribution in [0.5, 0.6) is 5.75 Å². The summed E-state index contributed by atoms with van der Waals surface area (Å²) >= 11 is 1.19. The molecule has 0 radical (unpaired) electrons. The number of alkyl halides is 3. The third-order valence-corrected chi connectivity index (χ3v) is 5.51. The molecule has 0 unspecified atom stereocenters. The SMILES string of the molecule is COc1ccc(-c2cc(C(F)(F)F)nc(SCc3cccc4ccccc34)n2)cc1. The van der Waals surface area contributed by atoms with Crippen molar-refractivity contribution in [2.45, 2.75) is 17.1 Å². The molecule has 0 spiro atoms. The molecule has 0 aliphatic rings. The number of ether oxygens (including phenoxy) is 1. The third kappa shape index (κ3) is 4.41. The molecule has 0 aliphatic heterocycles. The number of halogens is 3. The molecule has 152 valence electrons. The van der Waals surface area contributed by atoms with E-state index in [1.54, 1.807) is 24.3 Å². The highest BCUT2D eigenvalue weighted by Crippen LogP contribution is 2.33. The van der Waals surface area contributed by atoms with Crippen LogP contribution in [0.3, 0.4) is 0 Å². The number of aromatic nitrogens is 2. The number of fused-ring (bicyclic) bond motifs is 1. The van der Waals surface area contributed by atoms with Gasteiger partial charge >= 0.3 is 6.18 Å². The van der Waals surface area contributed by atoms with Crippen molar-refractivity contribution in [3.63, 3.8) is 0 Å². The summed E-state index contributed by atoms with van der Waals surface area (Å²) in [4.78, 5) is 8.14. The van der Waals surface area contributed by atoms with Gasteiger partial charge in [0.2, 0.25) is 0 Å². The second kappa shape index (κ2) is 8.36. The molecule has 1 heterocycles. The van der Waals surface area contributed by atoms with Crippen molar-refractivity contribution in [1.82, 2.24) is 9.97 Å². The first-order valence-electron chi connectivity index (χ1n) is 9.14. The van der Waals surface area contributed by atoms with Crippen molar-refractivity contribution in [2.75, 3.05) is 7.11 Å². The van der Waals surface area contributed by atoms with Gasteiger partial charge in [-0.05, 0) is 46.7 Å². The van der Waals surface area contributed by atoms with Crippen LogP contribution in [0.1, 0.15) is 11.3 Å². The van der Waals surface area contributed by atoms with Crippen LogP contribution in [0.15, 0.2) is 78.0 Å². The molecule has 0 saturated carbocycles. The van der Waals surface area contributed by atoms with Crippen LogP contribution in [-0.2, 0) is 11.9 Å². The van der Waals surface area contributed by atoms with Gasteiger partial charge in [-0.1, -0.05) is 54.2 Å². The van der Waals surface area contributed by atoms with Crippen molar-refractivity contribution in [3.8, 4) is 17.0 Å². The molecule has 3 aromatic carbocycles. The molecule has 3 nitrogen and oxygen atoms in total. The first-order chi connectivity index (χ1) is 14.4. The fraction of sp³-hybridized carbons (Fsp3) is 0.130. The van der Waals surface area contributed by atoms with Gasteiger partial charge in [0, 0.05) is 11.3 Å². The number of hydrogen-bond donors (Lipinski definition) is 0. The molecular formula is C23H17F3N2OS. The first-order valence-corrected chi connectivity index (χ1v) is 10.1. The second-order valence-electron chi connectivity index (χ2n) is 6.57. The molecule has 7 heteroatoms. The molecule has 0 atom stereocenters. The van der Waals surface area contributed by atoms with Crippen LogP contribution in [0.4, 0.5) is 13.2 Å². The average molecular weight is 426 g/mol. The van der Waals surface area contributed by atoms with Gasteiger partial charge in [-0.25, -0.2) is 9.97 Å². The normalized spacial score (nSPS) is 11.6. The summed E-state index contributed by atoms with van der Waals surface area (Å²) in [7, 11) is 1.53. The van der Waals surface area contributed by atoms with Gasteiger partial charge < -0.3 is 4.74 Å². The van der Waals surface area contributed by atoms with Gasteiger partial charge in [0.15, 0.2) is 5.16 Å². The molecule has 4 rings (SSSR count). The summed E-state index contributed by atoms with van der Waals surface area (Å²) in [5.74, 6) is 1.08. The van der Waals surface area contributed by atoms with E-state index in [0.717, 1.165) is 22.4 Å². The Hall–Kier alpha value is -3.06. The Morgan fingerprint density at radius 1 is 0.900 bits per heavy atom. The van der Waals surface area contributed by atoms with E-state index in [-0.39, 0.29) is 10.9 Å². The number of hydrogen-bond acceptors (Lipinski definition) is 4. The van der Waals surface area contributed by atoms with Crippen LogP contribution in [0.25, 0.3) is 22.0 Å². The highest BCUT2D eigenvalue weighted by atomic mass is 32.2. The lowest BCUT2D eigenvalue weighted by atomic mass is 10.1. The summed E-state index contributed by atoms with van der Waals surface area (Å²) in [6, 6.07) is 21.5. The highest BCUT2D eigenvalue weighted by molar-refractivity contribution is 7.98. The molecule has 30 heavy (non-hydrogen) atoms. The fourth-order valence-electron chi connectivity index (χ4n) is 3.11. The standard InChI is InChI=1S/C23H17F3N2OS/c1-29-18-11-9-16(10-12-18)20-13-21(23(24,25)26)28-22(27-20)30-14-17-7-4-6-15-5-2-3-8-19(15)17/h2-13H,14H2,1H3. The third-order valence-electron chi connectivity index (χ3n) is 4.62. The van der Waals surface area contributed by atoms with Crippen LogP contribution >= 0.6 is 11.8 Å². The minimum Gasteiger partial charge on any atom is -0.497 e. The van der Waals surface area contributed by atoms with E-state index in [9.17, 15) is 13.2 Å².